The summed E-state index contributed by atoms with van der Waals surface area (Å²) in [6, 6.07) is 0. The Morgan fingerprint density at radius 2 is 1.18 bits per heavy atom. The fourth-order valence-electron chi connectivity index (χ4n) is 3.56. The molecule has 0 aromatic heterocycles. The third-order valence-corrected chi connectivity index (χ3v) is 5.44. The van der Waals surface area contributed by atoms with E-state index >= 15 is 0 Å². The van der Waals surface area contributed by atoms with Crippen molar-refractivity contribution in [1.82, 2.24) is 0 Å². The van der Waals surface area contributed by atoms with Crippen LogP contribution in [-0.4, -0.2) is 11.5 Å². The van der Waals surface area contributed by atoms with E-state index in [9.17, 15) is 0 Å². The van der Waals surface area contributed by atoms with Gasteiger partial charge >= 0.3 is 0 Å². The summed E-state index contributed by atoms with van der Waals surface area (Å²) in [7, 11) is 0. The van der Waals surface area contributed by atoms with E-state index in [2.05, 4.69) is 11.8 Å². The molecule has 0 nitrogen and oxygen atoms in total. The summed E-state index contributed by atoms with van der Waals surface area (Å²) < 4.78 is 0. The molecule has 2 atom stereocenters. The maximum atomic E-state index is 2.23. The van der Waals surface area contributed by atoms with Gasteiger partial charge in [-0.1, -0.05) is 0 Å². The van der Waals surface area contributed by atoms with Gasteiger partial charge in [0.05, 0.1) is 0 Å². The summed E-state index contributed by atoms with van der Waals surface area (Å²) in [5.41, 5.74) is 0. The Kier molecular flexibility index (Phi) is 1.50. The van der Waals surface area contributed by atoms with Gasteiger partial charge in [-0.25, -0.2) is 0 Å². The topological polar surface area (TPSA) is 0 Å². The quantitative estimate of drug-likeness (QED) is 0.536. The molecule has 1 heteroatoms. The van der Waals surface area contributed by atoms with Gasteiger partial charge in [0.25, 0.3) is 0 Å². The third-order valence-electron chi connectivity index (χ3n) is 4.20. The van der Waals surface area contributed by atoms with Crippen molar-refractivity contribution in [2.45, 2.75) is 25.7 Å². The highest BCUT2D eigenvalue weighted by Crippen LogP contribution is 2.53. The van der Waals surface area contributed by atoms with Crippen molar-refractivity contribution in [3.05, 3.63) is 0 Å². The number of thioether (sulfide) groups is 1. The number of rotatable bonds is 0. The molecule has 0 aromatic rings. The first-order valence-corrected chi connectivity index (χ1v) is 6.18. The van der Waals surface area contributed by atoms with Crippen LogP contribution in [0, 0.1) is 23.7 Å². The number of hydrogen-bond acceptors (Lipinski definition) is 1. The lowest BCUT2D eigenvalue weighted by molar-refractivity contribution is 0.0577. The van der Waals surface area contributed by atoms with E-state index in [-0.39, 0.29) is 0 Å². The summed E-state index contributed by atoms with van der Waals surface area (Å²) in [4.78, 5) is 0. The predicted octanol–water partition coefficient (Wildman–Crippen LogP) is 2.79. The van der Waals surface area contributed by atoms with Crippen LogP contribution in [0.5, 0.6) is 0 Å². The van der Waals surface area contributed by atoms with Crippen LogP contribution in [0.15, 0.2) is 0 Å². The molecule has 0 radical (unpaired) electrons. The maximum Gasteiger partial charge on any atom is -0.00333 e. The molecule has 2 bridgehead atoms. The monoisotopic (exact) mass is 168 g/mol. The molecular formula is C10H16S. The van der Waals surface area contributed by atoms with Crippen LogP contribution in [0.1, 0.15) is 25.7 Å². The first kappa shape index (κ1) is 6.82. The average Bonchev–Trinajstić information content (AvgIpc) is 2.55. The molecule has 11 heavy (non-hydrogen) atoms. The van der Waals surface area contributed by atoms with Crippen LogP contribution in [0.25, 0.3) is 0 Å². The molecule has 0 aromatic carbocycles. The highest BCUT2D eigenvalue weighted by Gasteiger charge is 2.45. The SMILES string of the molecule is C1CC2CCC1C1CSCC21. The summed E-state index contributed by atoms with van der Waals surface area (Å²) in [5.74, 6) is 7.64. The summed E-state index contributed by atoms with van der Waals surface area (Å²) in [6.45, 7) is 0. The van der Waals surface area contributed by atoms with Gasteiger partial charge in [-0.05, 0) is 60.9 Å². The zero-order chi connectivity index (χ0) is 7.26. The van der Waals surface area contributed by atoms with E-state index in [1.807, 2.05) is 0 Å². The van der Waals surface area contributed by atoms with Crippen molar-refractivity contribution in [1.29, 1.82) is 0 Å². The minimum absolute atomic E-state index is 1.15. The fourth-order valence-corrected chi connectivity index (χ4v) is 5.28. The minimum atomic E-state index is 1.15. The molecule has 2 unspecified atom stereocenters. The van der Waals surface area contributed by atoms with Crippen molar-refractivity contribution in [3.63, 3.8) is 0 Å². The standard InChI is InChI=1S/C10H16S/c1-2-8-4-3-7(1)9-5-11-6-10(8)9/h7-10H,1-6H2. The smallest absolute Gasteiger partial charge is 0.00333 e. The van der Waals surface area contributed by atoms with Gasteiger partial charge in [-0.15, -0.1) is 0 Å². The van der Waals surface area contributed by atoms with Crippen molar-refractivity contribution in [3.8, 4) is 0 Å². The Morgan fingerprint density at radius 3 is 1.64 bits per heavy atom. The van der Waals surface area contributed by atoms with Gasteiger partial charge in [0, 0.05) is 0 Å². The summed E-state index contributed by atoms with van der Waals surface area (Å²) >= 11 is 2.23. The maximum absolute atomic E-state index is 2.23. The number of fused-ring (bicyclic) bond motifs is 2. The van der Waals surface area contributed by atoms with Crippen molar-refractivity contribution in [2.75, 3.05) is 11.5 Å². The zero-order valence-electron chi connectivity index (χ0n) is 6.96. The van der Waals surface area contributed by atoms with Crippen molar-refractivity contribution < 1.29 is 0 Å². The van der Waals surface area contributed by atoms with E-state index in [0.29, 0.717) is 0 Å². The second-order valence-electron chi connectivity index (χ2n) is 4.54. The predicted molar refractivity (Wildman–Crippen MR) is 49.8 cm³/mol. The molecule has 1 saturated heterocycles. The summed E-state index contributed by atoms with van der Waals surface area (Å²) in [6.07, 6.45) is 6.30. The van der Waals surface area contributed by atoms with Crippen LogP contribution in [0.2, 0.25) is 0 Å². The molecule has 62 valence electrons. The average molecular weight is 168 g/mol. The summed E-state index contributed by atoms with van der Waals surface area (Å²) in [5, 5.41) is 0. The Bertz CT molecular complexity index is 140. The normalized spacial score (nSPS) is 54.5. The lowest BCUT2D eigenvalue weighted by Crippen LogP contribution is -2.38. The van der Waals surface area contributed by atoms with E-state index < -0.39 is 0 Å². The van der Waals surface area contributed by atoms with Gasteiger partial charge in [0.15, 0.2) is 0 Å². The van der Waals surface area contributed by atoms with Gasteiger partial charge in [0.2, 0.25) is 0 Å². The Hall–Kier alpha value is 0.350. The van der Waals surface area contributed by atoms with Crippen LogP contribution in [0.3, 0.4) is 0 Å². The first-order valence-electron chi connectivity index (χ1n) is 5.03. The van der Waals surface area contributed by atoms with E-state index in [0.717, 1.165) is 23.7 Å². The zero-order valence-corrected chi connectivity index (χ0v) is 7.78. The van der Waals surface area contributed by atoms with E-state index in [1.165, 1.54) is 11.5 Å². The molecule has 4 aliphatic rings. The molecule has 1 aliphatic heterocycles. The minimum Gasteiger partial charge on any atom is -0.161 e. The molecule has 0 N–H and O–H groups in total. The van der Waals surface area contributed by atoms with Gasteiger partial charge < -0.3 is 0 Å². The van der Waals surface area contributed by atoms with Gasteiger partial charge in [-0.2, -0.15) is 11.8 Å². The molecule has 4 fully saturated rings. The molecule has 4 rings (SSSR count). The molecule has 3 aliphatic carbocycles. The molecule has 3 saturated carbocycles. The second-order valence-corrected chi connectivity index (χ2v) is 5.61. The fraction of sp³-hybridized carbons (Fsp3) is 1.00. The molecule has 0 amide bonds. The lowest BCUT2D eigenvalue weighted by Gasteiger charge is -2.45. The van der Waals surface area contributed by atoms with Crippen molar-refractivity contribution >= 4 is 11.8 Å². The van der Waals surface area contributed by atoms with Crippen LogP contribution in [0.4, 0.5) is 0 Å². The Balaban J connectivity index is 1.89. The second kappa shape index (κ2) is 2.42. The van der Waals surface area contributed by atoms with Crippen LogP contribution < -0.4 is 0 Å². The molecule has 1 heterocycles. The van der Waals surface area contributed by atoms with Gasteiger partial charge in [-0.3, -0.25) is 0 Å². The van der Waals surface area contributed by atoms with Gasteiger partial charge in [0.1, 0.15) is 0 Å². The largest absolute Gasteiger partial charge is 0.161 e. The number of hydrogen-bond donors (Lipinski definition) is 0. The first-order chi connectivity index (χ1) is 5.45. The van der Waals surface area contributed by atoms with E-state index in [1.54, 1.807) is 25.7 Å². The van der Waals surface area contributed by atoms with E-state index in [4.69, 9.17) is 0 Å². The molecular weight excluding hydrogens is 152 g/mol. The van der Waals surface area contributed by atoms with Crippen molar-refractivity contribution in [2.24, 2.45) is 23.7 Å². The highest BCUT2D eigenvalue weighted by atomic mass is 32.2. The van der Waals surface area contributed by atoms with Crippen LogP contribution in [-0.2, 0) is 0 Å². The Labute approximate surface area is 73.1 Å². The highest BCUT2D eigenvalue weighted by molar-refractivity contribution is 7.99. The molecule has 0 spiro atoms. The Morgan fingerprint density at radius 1 is 0.727 bits per heavy atom. The third kappa shape index (κ3) is 0.898. The lowest BCUT2D eigenvalue weighted by atomic mass is 9.60. The van der Waals surface area contributed by atoms with Crippen LogP contribution >= 0.6 is 11.8 Å².